The van der Waals surface area contributed by atoms with Crippen LogP contribution in [-0.4, -0.2) is 38.4 Å². The van der Waals surface area contributed by atoms with Crippen molar-refractivity contribution in [3.05, 3.63) is 35.1 Å². The SMILES string of the molecule is COC1(CNCc2ccc(C(N)=O)cc2F)CCOC1. The molecule has 6 heteroatoms. The number of nitrogens with one attached hydrogen (secondary N) is 1. The molecule has 0 spiro atoms. The standard InChI is InChI=1S/C14H19FN2O3/c1-19-14(4-5-20-9-14)8-17-7-11-3-2-10(13(16)18)6-12(11)15/h2-3,6,17H,4-5,7-9H2,1H3,(H2,16,18). The van der Waals surface area contributed by atoms with E-state index < -0.39 is 11.7 Å². The monoisotopic (exact) mass is 282 g/mol. The number of carbonyl (C=O) groups is 1. The molecule has 110 valence electrons. The molecule has 1 atom stereocenters. The number of primary amides is 1. The number of halogens is 1. The van der Waals surface area contributed by atoms with Crippen molar-refractivity contribution >= 4 is 5.91 Å². The van der Waals surface area contributed by atoms with Crippen molar-refractivity contribution in [1.82, 2.24) is 5.32 Å². The van der Waals surface area contributed by atoms with Crippen LogP contribution in [0.3, 0.4) is 0 Å². The highest BCUT2D eigenvalue weighted by molar-refractivity contribution is 5.92. The van der Waals surface area contributed by atoms with Gasteiger partial charge in [-0.15, -0.1) is 0 Å². The molecule has 2 rings (SSSR count). The van der Waals surface area contributed by atoms with E-state index >= 15 is 0 Å². The number of methoxy groups -OCH3 is 1. The highest BCUT2D eigenvalue weighted by Gasteiger charge is 2.34. The third-order valence-electron chi connectivity index (χ3n) is 3.60. The van der Waals surface area contributed by atoms with Crippen LogP contribution >= 0.6 is 0 Å². The molecule has 1 aromatic rings. The van der Waals surface area contributed by atoms with Gasteiger partial charge in [-0.3, -0.25) is 4.79 Å². The lowest BCUT2D eigenvalue weighted by Crippen LogP contribution is -2.42. The van der Waals surface area contributed by atoms with Gasteiger partial charge in [0.05, 0.1) is 6.61 Å². The number of nitrogens with two attached hydrogens (primary N) is 1. The molecule has 1 heterocycles. The summed E-state index contributed by atoms with van der Waals surface area (Å²) in [5, 5.41) is 3.16. The average molecular weight is 282 g/mol. The molecule has 1 unspecified atom stereocenters. The van der Waals surface area contributed by atoms with Crippen LogP contribution in [0.4, 0.5) is 4.39 Å². The molecule has 1 saturated heterocycles. The van der Waals surface area contributed by atoms with Gasteiger partial charge >= 0.3 is 0 Å². The summed E-state index contributed by atoms with van der Waals surface area (Å²) in [6, 6.07) is 4.24. The van der Waals surface area contributed by atoms with Gasteiger partial charge < -0.3 is 20.5 Å². The van der Waals surface area contributed by atoms with Crippen LogP contribution in [0.1, 0.15) is 22.3 Å². The number of ether oxygens (including phenoxy) is 2. The van der Waals surface area contributed by atoms with Crippen molar-refractivity contribution in [1.29, 1.82) is 0 Å². The molecule has 0 bridgehead atoms. The molecule has 3 N–H and O–H groups in total. The Morgan fingerprint density at radius 3 is 2.95 bits per heavy atom. The van der Waals surface area contributed by atoms with E-state index in [1.54, 1.807) is 13.2 Å². The summed E-state index contributed by atoms with van der Waals surface area (Å²) in [5.41, 5.74) is 5.43. The van der Waals surface area contributed by atoms with Gasteiger partial charge in [-0.1, -0.05) is 6.07 Å². The Morgan fingerprint density at radius 2 is 2.40 bits per heavy atom. The maximum atomic E-state index is 13.8. The molecule has 0 radical (unpaired) electrons. The Hall–Kier alpha value is -1.50. The van der Waals surface area contributed by atoms with Gasteiger partial charge in [0.2, 0.25) is 5.91 Å². The molecule has 1 aromatic carbocycles. The van der Waals surface area contributed by atoms with Gasteiger partial charge in [-0.05, 0) is 12.1 Å². The first kappa shape index (κ1) is 14.9. The number of hydrogen-bond donors (Lipinski definition) is 2. The Balaban J connectivity index is 1.92. The van der Waals surface area contributed by atoms with Crippen LogP contribution in [0, 0.1) is 5.82 Å². The Kier molecular flexibility index (Phi) is 4.69. The molecule has 0 aromatic heterocycles. The minimum atomic E-state index is -0.634. The zero-order chi connectivity index (χ0) is 14.6. The first-order valence-corrected chi connectivity index (χ1v) is 6.48. The van der Waals surface area contributed by atoms with Crippen molar-refractivity contribution in [3.63, 3.8) is 0 Å². The largest absolute Gasteiger partial charge is 0.378 e. The first-order valence-electron chi connectivity index (χ1n) is 6.48. The molecular formula is C14H19FN2O3. The highest BCUT2D eigenvalue weighted by Crippen LogP contribution is 2.21. The first-order chi connectivity index (χ1) is 9.56. The fourth-order valence-electron chi connectivity index (χ4n) is 2.23. The average Bonchev–Trinajstić information content (AvgIpc) is 2.90. The lowest BCUT2D eigenvalue weighted by atomic mass is 10.0. The third-order valence-corrected chi connectivity index (χ3v) is 3.60. The second kappa shape index (κ2) is 6.30. The van der Waals surface area contributed by atoms with Gasteiger partial charge in [-0.2, -0.15) is 0 Å². The van der Waals surface area contributed by atoms with Crippen molar-refractivity contribution < 1.29 is 18.7 Å². The maximum Gasteiger partial charge on any atom is 0.248 e. The normalized spacial score (nSPS) is 22.1. The lowest BCUT2D eigenvalue weighted by molar-refractivity contribution is -0.0159. The van der Waals surface area contributed by atoms with Crippen molar-refractivity contribution in [2.24, 2.45) is 5.73 Å². The molecule has 0 saturated carbocycles. The third kappa shape index (κ3) is 3.33. The smallest absolute Gasteiger partial charge is 0.248 e. The summed E-state index contributed by atoms with van der Waals surface area (Å²) in [5.74, 6) is -1.08. The van der Waals surface area contributed by atoms with Gasteiger partial charge in [0.25, 0.3) is 0 Å². The van der Waals surface area contributed by atoms with Crippen molar-refractivity contribution in [2.45, 2.75) is 18.6 Å². The quantitative estimate of drug-likeness (QED) is 0.810. The van der Waals surface area contributed by atoms with E-state index in [9.17, 15) is 9.18 Å². The van der Waals surface area contributed by atoms with Crippen LogP contribution in [-0.2, 0) is 16.0 Å². The number of benzene rings is 1. The summed E-state index contributed by atoms with van der Waals surface area (Å²) >= 11 is 0. The number of amides is 1. The predicted octanol–water partition coefficient (Wildman–Crippen LogP) is 0.820. The van der Waals surface area contributed by atoms with Gasteiger partial charge in [0.15, 0.2) is 0 Å². The number of carbonyl (C=O) groups excluding carboxylic acids is 1. The van der Waals surface area contributed by atoms with E-state index in [0.717, 1.165) is 12.5 Å². The Morgan fingerprint density at radius 1 is 1.60 bits per heavy atom. The topological polar surface area (TPSA) is 73.6 Å². The number of rotatable bonds is 6. The van der Waals surface area contributed by atoms with Crippen LogP contribution in [0.5, 0.6) is 0 Å². The molecule has 0 aliphatic carbocycles. The van der Waals surface area contributed by atoms with Crippen LogP contribution in [0.2, 0.25) is 0 Å². The molecule has 1 amide bonds. The molecule has 5 nitrogen and oxygen atoms in total. The van der Waals surface area contributed by atoms with E-state index in [4.69, 9.17) is 15.2 Å². The minimum Gasteiger partial charge on any atom is -0.378 e. The maximum absolute atomic E-state index is 13.8. The molecule has 1 fully saturated rings. The molecule has 1 aliphatic heterocycles. The van der Waals surface area contributed by atoms with Gasteiger partial charge in [0, 0.05) is 44.4 Å². The van der Waals surface area contributed by atoms with Crippen LogP contribution in [0.25, 0.3) is 0 Å². The summed E-state index contributed by atoms with van der Waals surface area (Å²) < 4.78 is 24.6. The predicted molar refractivity (Wildman–Crippen MR) is 71.8 cm³/mol. The van der Waals surface area contributed by atoms with Gasteiger partial charge in [0.1, 0.15) is 11.4 Å². The van der Waals surface area contributed by atoms with E-state index in [0.29, 0.717) is 31.9 Å². The molecular weight excluding hydrogens is 263 g/mol. The van der Waals surface area contributed by atoms with Crippen LogP contribution < -0.4 is 11.1 Å². The Bertz CT molecular complexity index is 487. The van der Waals surface area contributed by atoms with E-state index in [1.165, 1.54) is 6.07 Å². The summed E-state index contributed by atoms with van der Waals surface area (Å²) in [6.45, 7) is 2.16. The van der Waals surface area contributed by atoms with Crippen LogP contribution in [0.15, 0.2) is 18.2 Å². The highest BCUT2D eigenvalue weighted by atomic mass is 19.1. The molecule has 1 aliphatic rings. The zero-order valence-corrected chi connectivity index (χ0v) is 11.4. The van der Waals surface area contributed by atoms with E-state index in [1.807, 2.05) is 0 Å². The molecule has 20 heavy (non-hydrogen) atoms. The van der Waals surface area contributed by atoms with Crippen molar-refractivity contribution in [3.8, 4) is 0 Å². The Labute approximate surface area is 117 Å². The summed E-state index contributed by atoms with van der Waals surface area (Å²) in [6.07, 6.45) is 0.819. The summed E-state index contributed by atoms with van der Waals surface area (Å²) in [4.78, 5) is 10.9. The fourth-order valence-corrected chi connectivity index (χ4v) is 2.23. The van der Waals surface area contributed by atoms with Crippen molar-refractivity contribution in [2.75, 3.05) is 26.9 Å². The minimum absolute atomic E-state index is 0.170. The van der Waals surface area contributed by atoms with E-state index in [2.05, 4.69) is 5.32 Å². The fraction of sp³-hybridized carbons (Fsp3) is 0.500. The van der Waals surface area contributed by atoms with E-state index in [-0.39, 0.29) is 11.2 Å². The second-order valence-corrected chi connectivity index (χ2v) is 4.96. The lowest BCUT2D eigenvalue weighted by Gasteiger charge is -2.26. The summed E-state index contributed by atoms with van der Waals surface area (Å²) in [7, 11) is 1.65. The van der Waals surface area contributed by atoms with Gasteiger partial charge in [-0.25, -0.2) is 4.39 Å². The number of hydrogen-bond acceptors (Lipinski definition) is 4. The second-order valence-electron chi connectivity index (χ2n) is 4.96. The zero-order valence-electron chi connectivity index (χ0n) is 11.4.